The monoisotopic (exact) mass is 409 g/mol. The quantitative estimate of drug-likeness (QED) is 0.577. The van der Waals surface area contributed by atoms with Gasteiger partial charge in [0.25, 0.3) is 5.91 Å². The van der Waals surface area contributed by atoms with Crippen molar-refractivity contribution in [3.8, 4) is 0 Å². The van der Waals surface area contributed by atoms with E-state index in [9.17, 15) is 18.0 Å². The van der Waals surface area contributed by atoms with Gasteiger partial charge in [-0.3, -0.25) is 4.79 Å². The number of carbonyl (C=O) groups is 1. The first-order chi connectivity index (χ1) is 11.6. The third-order valence-corrected chi connectivity index (χ3v) is 4.57. The molecular formula is C17H13Cl3F3NO. The number of rotatable bonds is 4. The molecule has 2 aromatic carbocycles. The molecule has 2 rings (SSSR count). The molecule has 0 heterocycles. The number of carbonyl (C=O) groups excluding carboxylic acids is 1. The van der Waals surface area contributed by atoms with E-state index in [0.717, 1.165) is 12.1 Å². The van der Waals surface area contributed by atoms with Crippen molar-refractivity contribution < 1.29 is 18.0 Å². The molecule has 134 valence electrons. The zero-order chi connectivity index (χ0) is 18.8. The molecule has 0 saturated carbocycles. The maximum absolute atomic E-state index is 13.0. The Kier molecular flexibility index (Phi) is 6.25. The topological polar surface area (TPSA) is 20.3 Å². The van der Waals surface area contributed by atoms with E-state index in [1.807, 2.05) is 0 Å². The zero-order valence-corrected chi connectivity index (χ0v) is 15.3. The van der Waals surface area contributed by atoms with Crippen LogP contribution in [0.3, 0.4) is 0 Å². The summed E-state index contributed by atoms with van der Waals surface area (Å²) in [6.45, 7) is 2.10. The van der Waals surface area contributed by atoms with E-state index in [2.05, 4.69) is 0 Å². The van der Waals surface area contributed by atoms with Crippen LogP contribution in [0.4, 0.5) is 13.2 Å². The molecule has 0 unspecified atom stereocenters. The lowest BCUT2D eigenvalue weighted by Gasteiger charge is -2.23. The van der Waals surface area contributed by atoms with Crippen molar-refractivity contribution in [2.75, 3.05) is 6.54 Å². The second-order valence-electron chi connectivity index (χ2n) is 5.22. The average molecular weight is 411 g/mol. The number of amides is 1. The van der Waals surface area contributed by atoms with Gasteiger partial charge in [-0.15, -0.1) is 0 Å². The lowest BCUT2D eigenvalue weighted by Crippen LogP contribution is -2.31. The van der Waals surface area contributed by atoms with Gasteiger partial charge < -0.3 is 4.90 Å². The van der Waals surface area contributed by atoms with Crippen molar-refractivity contribution in [2.24, 2.45) is 0 Å². The summed E-state index contributed by atoms with van der Waals surface area (Å²) in [5.41, 5.74) is -0.617. The number of halogens is 6. The largest absolute Gasteiger partial charge is 0.417 e. The minimum Gasteiger partial charge on any atom is -0.334 e. The maximum Gasteiger partial charge on any atom is 0.417 e. The highest BCUT2D eigenvalue weighted by Gasteiger charge is 2.35. The Morgan fingerprint density at radius 3 is 2.36 bits per heavy atom. The van der Waals surface area contributed by atoms with Gasteiger partial charge in [0.05, 0.1) is 16.1 Å². The van der Waals surface area contributed by atoms with Crippen LogP contribution in [-0.2, 0) is 12.7 Å². The standard InChI is InChI=1S/C17H13Cl3F3NO/c1-2-24(9-10-6-7-11(18)8-14(10)19)16(25)12-4-3-5-13(15(12)20)17(21,22)23/h3-8H,2,9H2,1H3. The molecule has 1 amide bonds. The lowest BCUT2D eigenvalue weighted by atomic mass is 10.1. The highest BCUT2D eigenvalue weighted by molar-refractivity contribution is 6.35. The van der Waals surface area contributed by atoms with Gasteiger partial charge in [-0.2, -0.15) is 13.2 Å². The summed E-state index contributed by atoms with van der Waals surface area (Å²) in [6, 6.07) is 8.09. The van der Waals surface area contributed by atoms with Crippen LogP contribution in [0.15, 0.2) is 36.4 Å². The second-order valence-corrected chi connectivity index (χ2v) is 6.44. The number of hydrogen-bond acceptors (Lipinski definition) is 1. The zero-order valence-electron chi connectivity index (χ0n) is 13.0. The summed E-state index contributed by atoms with van der Waals surface area (Å²) in [5.74, 6) is -0.607. The first-order valence-corrected chi connectivity index (χ1v) is 8.37. The van der Waals surface area contributed by atoms with E-state index < -0.39 is 22.7 Å². The molecule has 0 atom stereocenters. The number of hydrogen-bond donors (Lipinski definition) is 0. The summed E-state index contributed by atoms with van der Waals surface area (Å²) >= 11 is 17.8. The van der Waals surface area contributed by atoms with Crippen LogP contribution < -0.4 is 0 Å². The van der Waals surface area contributed by atoms with Crippen molar-refractivity contribution in [3.05, 3.63) is 68.2 Å². The molecule has 0 aliphatic rings. The van der Waals surface area contributed by atoms with Crippen molar-refractivity contribution in [1.82, 2.24) is 4.90 Å². The van der Waals surface area contributed by atoms with Gasteiger partial charge in [-0.25, -0.2) is 0 Å². The van der Waals surface area contributed by atoms with Crippen molar-refractivity contribution >= 4 is 40.7 Å². The van der Waals surface area contributed by atoms with E-state index in [-0.39, 0.29) is 18.7 Å². The molecule has 0 spiro atoms. The minimum absolute atomic E-state index is 0.123. The molecule has 0 aromatic heterocycles. The van der Waals surface area contributed by atoms with Crippen LogP contribution in [-0.4, -0.2) is 17.4 Å². The Hall–Kier alpha value is -1.43. The fourth-order valence-electron chi connectivity index (χ4n) is 2.27. The molecule has 2 aromatic rings. The van der Waals surface area contributed by atoms with Gasteiger partial charge in [0.1, 0.15) is 0 Å². The highest BCUT2D eigenvalue weighted by atomic mass is 35.5. The molecule has 0 fully saturated rings. The Morgan fingerprint density at radius 1 is 1.12 bits per heavy atom. The number of nitrogens with zero attached hydrogens (tertiary/aromatic N) is 1. The van der Waals surface area contributed by atoms with Crippen LogP contribution >= 0.6 is 34.8 Å². The summed E-state index contributed by atoms with van der Waals surface area (Å²) in [7, 11) is 0. The van der Waals surface area contributed by atoms with Gasteiger partial charge in [0.2, 0.25) is 0 Å². The van der Waals surface area contributed by atoms with Crippen LogP contribution in [0.5, 0.6) is 0 Å². The molecule has 0 aliphatic carbocycles. The normalized spacial score (nSPS) is 11.5. The third-order valence-electron chi connectivity index (χ3n) is 3.58. The molecule has 2 nitrogen and oxygen atoms in total. The van der Waals surface area contributed by atoms with E-state index >= 15 is 0 Å². The third kappa shape index (κ3) is 4.60. The minimum atomic E-state index is -4.64. The Balaban J connectivity index is 2.34. The van der Waals surface area contributed by atoms with Crippen LogP contribution in [0.2, 0.25) is 15.1 Å². The highest BCUT2D eigenvalue weighted by Crippen LogP contribution is 2.36. The fourth-order valence-corrected chi connectivity index (χ4v) is 3.05. The first-order valence-electron chi connectivity index (χ1n) is 7.24. The Bertz CT molecular complexity index is 793. The van der Waals surface area contributed by atoms with Crippen LogP contribution in [0.25, 0.3) is 0 Å². The summed E-state index contributed by atoms with van der Waals surface area (Å²) < 4.78 is 38.9. The van der Waals surface area contributed by atoms with Gasteiger partial charge >= 0.3 is 6.18 Å². The van der Waals surface area contributed by atoms with Gasteiger partial charge in [0, 0.05) is 23.1 Å². The average Bonchev–Trinajstić information content (AvgIpc) is 2.52. The Morgan fingerprint density at radius 2 is 1.80 bits per heavy atom. The molecule has 0 saturated heterocycles. The van der Waals surface area contributed by atoms with E-state index in [0.29, 0.717) is 15.6 Å². The number of benzene rings is 2. The van der Waals surface area contributed by atoms with Crippen LogP contribution in [0.1, 0.15) is 28.4 Å². The smallest absolute Gasteiger partial charge is 0.334 e. The molecule has 8 heteroatoms. The summed E-state index contributed by atoms with van der Waals surface area (Å²) in [5, 5.41) is 0.207. The Labute approximate surface area is 158 Å². The predicted octanol–water partition coefficient (Wildman–Crippen LogP) is 6.33. The van der Waals surface area contributed by atoms with Gasteiger partial charge in [0.15, 0.2) is 0 Å². The number of alkyl halides is 3. The molecule has 0 radical (unpaired) electrons. The molecule has 25 heavy (non-hydrogen) atoms. The van der Waals surface area contributed by atoms with Gasteiger partial charge in [-0.1, -0.05) is 46.9 Å². The molecular weight excluding hydrogens is 398 g/mol. The lowest BCUT2D eigenvalue weighted by molar-refractivity contribution is -0.137. The van der Waals surface area contributed by atoms with Crippen molar-refractivity contribution in [1.29, 1.82) is 0 Å². The summed E-state index contributed by atoms with van der Waals surface area (Å²) in [6.07, 6.45) is -4.64. The van der Waals surface area contributed by atoms with E-state index in [4.69, 9.17) is 34.8 Å². The second kappa shape index (κ2) is 7.85. The summed E-state index contributed by atoms with van der Waals surface area (Å²) in [4.78, 5) is 14.0. The fraction of sp³-hybridized carbons (Fsp3) is 0.235. The van der Waals surface area contributed by atoms with E-state index in [1.54, 1.807) is 19.1 Å². The maximum atomic E-state index is 13.0. The first kappa shape index (κ1) is 19.9. The van der Waals surface area contributed by atoms with Crippen molar-refractivity contribution in [2.45, 2.75) is 19.6 Å². The van der Waals surface area contributed by atoms with E-state index in [1.165, 1.54) is 17.0 Å². The van der Waals surface area contributed by atoms with Crippen molar-refractivity contribution in [3.63, 3.8) is 0 Å². The molecule has 0 aliphatic heterocycles. The SMILES string of the molecule is CCN(Cc1ccc(Cl)cc1Cl)C(=O)c1cccc(C(F)(F)F)c1Cl. The van der Waals surface area contributed by atoms with Crippen LogP contribution in [0, 0.1) is 0 Å². The predicted molar refractivity (Wildman–Crippen MR) is 93.3 cm³/mol. The molecule has 0 bridgehead atoms. The van der Waals surface area contributed by atoms with Gasteiger partial charge in [-0.05, 0) is 36.8 Å². The molecule has 0 N–H and O–H groups in total.